The lowest BCUT2D eigenvalue weighted by atomic mass is 10.0. The molecule has 2 heterocycles. The summed E-state index contributed by atoms with van der Waals surface area (Å²) in [5.41, 5.74) is 0.889. The maximum Gasteiger partial charge on any atom is 0.247 e. The third-order valence-electron chi connectivity index (χ3n) is 3.56. The van der Waals surface area contributed by atoms with Gasteiger partial charge in [-0.1, -0.05) is 18.2 Å². The summed E-state index contributed by atoms with van der Waals surface area (Å²) < 4.78 is 11.4. The zero-order chi connectivity index (χ0) is 13.8. The quantitative estimate of drug-likeness (QED) is 0.906. The van der Waals surface area contributed by atoms with Gasteiger partial charge in [0.25, 0.3) is 0 Å². The van der Waals surface area contributed by atoms with Crippen LogP contribution in [-0.2, 0) is 11.3 Å². The van der Waals surface area contributed by atoms with Crippen molar-refractivity contribution in [2.75, 3.05) is 13.2 Å². The summed E-state index contributed by atoms with van der Waals surface area (Å²) in [5, 5.41) is 11.5. The minimum Gasteiger partial charge on any atom is -0.419 e. The molecule has 106 valence electrons. The van der Waals surface area contributed by atoms with Crippen LogP contribution in [0.1, 0.15) is 25.7 Å². The number of ether oxygens (including phenoxy) is 1. The summed E-state index contributed by atoms with van der Waals surface area (Å²) >= 11 is 0. The van der Waals surface area contributed by atoms with Gasteiger partial charge in [0, 0.05) is 18.7 Å². The molecule has 0 spiro atoms. The van der Waals surface area contributed by atoms with E-state index in [1.807, 2.05) is 30.3 Å². The normalized spacial score (nSPS) is 22.2. The second-order valence-corrected chi connectivity index (χ2v) is 5.37. The van der Waals surface area contributed by atoms with Crippen molar-refractivity contribution in [1.29, 1.82) is 0 Å². The molecule has 2 aromatic rings. The number of nitrogens with zero attached hydrogens (tertiary/aromatic N) is 2. The molecule has 1 N–H and O–H groups in total. The van der Waals surface area contributed by atoms with Gasteiger partial charge in [-0.25, -0.2) is 0 Å². The van der Waals surface area contributed by atoms with E-state index in [1.165, 1.54) is 0 Å². The van der Waals surface area contributed by atoms with Crippen LogP contribution in [0.25, 0.3) is 11.5 Å². The van der Waals surface area contributed by atoms with Crippen LogP contribution in [0, 0.1) is 0 Å². The van der Waals surface area contributed by atoms with E-state index >= 15 is 0 Å². The Kier molecular flexibility index (Phi) is 3.80. The summed E-state index contributed by atoms with van der Waals surface area (Å²) in [6, 6.07) is 9.78. The third-order valence-corrected chi connectivity index (χ3v) is 3.56. The lowest BCUT2D eigenvalue weighted by Gasteiger charge is -2.22. The molecule has 1 atom stereocenters. The van der Waals surface area contributed by atoms with Gasteiger partial charge in [0.2, 0.25) is 11.8 Å². The van der Waals surface area contributed by atoms with Gasteiger partial charge in [0.1, 0.15) is 0 Å². The SMILES string of the molecule is CC1(CNCc2nnc(-c3ccccc3)o2)CCCO1. The number of benzene rings is 1. The molecule has 1 aromatic carbocycles. The van der Waals surface area contributed by atoms with Crippen LogP contribution in [0.2, 0.25) is 0 Å². The minimum absolute atomic E-state index is 0.0533. The minimum atomic E-state index is -0.0533. The summed E-state index contributed by atoms with van der Waals surface area (Å²) in [6.45, 7) is 4.36. The van der Waals surface area contributed by atoms with Crippen molar-refractivity contribution >= 4 is 0 Å². The molecule has 0 bridgehead atoms. The molecule has 0 saturated carbocycles. The van der Waals surface area contributed by atoms with E-state index in [2.05, 4.69) is 22.4 Å². The molecule has 5 nitrogen and oxygen atoms in total. The maximum absolute atomic E-state index is 5.72. The topological polar surface area (TPSA) is 60.2 Å². The van der Waals surface area contributed by atoms with E-state index in [-0.39, 0.29) is 5.60 Å². The molecule has 1 unspecified atom stereocenters. The van der Waals surface area contributed by atoms with Crippen molar-refractivity contribution in [2.24, 2.45) is 0 Å². The fraction of sp³-hybridized carbons (Fsp3) is 0.467. The second kappa shape index (κ2) is 5.73. The molecule has 1 aliphatic heterocycles. The lowest BCUT2D eigenvalue weighted by Crippen LogP contribution is -2.36. The Morgan fingerprint density at radius 1 is 1.25 bits per heavy atom. The smallest absolute Gasteiger partial charge is 0.247 e. The Hall–Kier alpha value is -1.72. The highest BCUT2D eigenvalue weighted by molar-refractivity contribution is 5.51. The average Bonchev–Trinajstić information content (AvgIpc) is 3.10. The van der Waals surface area contributed by atoms with E-state index in [0.717, 1.165) is 31.6 Å². The Labute approximate surface area is 118 Å². The Morgan fingerprint density at radius 3 is 2.85 bits per heavy atom. The Morgan fingerprint density at radius 2 is 2.10 bits per heavy atom. The molecule has 5 heteroatoms. The van der Waals surface area contributed by atoms with Gasteiger partial charge in [0.15, 0.2) is 0 Å². The molecule has 20 heavy (non-hydrogen) atoms. The molecule has 1 saturated heterocycles. The molecule has 1 fully saturated rings. The van der Waals surface area contributed by atoms with Crippen LogP contribution in [-0.4, -0.2) is 29.0 Å². The first kappa shape index (κ1) is 13.3. The van der Waals surface area contributed by atoms with Crippen LogP contribution in [0.3, 0.4) is 0 Å². The van der Waals surface area contributed by atoms with Crippen LogP contribution in [0.5, 0.6) is 0 Å². The van der Waals surface area contributed by atoms with Crippen LogP contribution in [0.4, 0.5) is 0 Å². The summed E-state index contributed by atoms with van der Waals surface area (Å²) in [6.07, 6.45) is 2.23. The monoisotopic (exact) mass is 273 g/mol. The van der Waals surface area contributed by atoms with Gasteiger partial charge in [-0.05, 0) is 31.9 Å². The largest absolute Gasteiger partial charge is 0.419 e. The van der Waals surface area contributed by atoms with Gasteiger partial charge in [-0.3, -0.25) is 0 Å². The van der Waals surface area contributed by atoms with Crippen molar-refractivity contribution in [1.82, 2.24) is 15.5 Å². The van der Waals surface area contributed by atoms with Gasteiger partial charge in [0.05, 0.1) is 12.1 Å². The average molecular weight is 273 g/mol. The third kappa shape index (κ3) is 3.05. The molecule has 1 aromatic heterocycles. The van der Waals surface area contributed by atoms with Crippen molar-refractivity contribution < 1.29 is 9.15 Å². The predicted octanol–water partition coefficient (Wildman–Crippen LogP) is 2.40. The first-order valence-corrected chi connectivity index (χ1v) is 6.98. The van der Waals surface area contributed by atoms with E-state index in [1.54, 1.807) is 0 Å². The van der Waals surface area contributed by atoms with Crippen molar-refractivity contribution in [3.05, 3.63) is 36.2 Å². The van der Waals surface area contributed by atoms with Crippen LogP contribution in [0.15, 0.2) is 34.7 Å². The fourth-order valence-electron chi connectivity index (χ4n) is 2.43. The molecule has 0 radical (unpaired) electrons. The number of nitrogens with one attached hydrogen (secondary N) is 1. The fourth-order valence-corrected chi connectivity index (χ4v) is 2.43. The van der Waals surface area contributed by atoms with Crippen LogP contribution < -0.4 is 5.32 Å². The first-order chi connectivity index (χ1) is 9.75. The lowest BCUT2D eigenvalue weighted by molar-refractivity contribution is 0.0203. The summed E-state index contributed by atoms with van der Waals surface area (Å²) in [5.74, 6) is 1.16. The highest BCUT2D eigenvalue weighted by atomic mass is 16.5. The van der Waals surface area contributed by atoms with Gasteiger partial charge < -0.3 is 14.5 Å². The number of rotatable bonds is 5. The van der Waals surface area contributed by atoms with Gasteiger partial charge >= 0.3 is 0 Å². The highest BCUT2D eigenvalue weighted by Crippen LogP contribution is 2.24. The van der Waals surface area contributed by atoms with Crippen molar-refractivity contribution in [3.8, 4) is 11.5 Å². The second-order valence-electron chi connectivity index (χ2n) is 5.37. The van der Waals surface area contributed by atoms with Crippen molar-refractivity contribution in [2.45, 2.75) is 31.9 Å². The Balaban J connectivity index is 1.55. The zero-order valence-electron chi connectivity index (χ0n) is 11.6. The predicted molar refractivity (Wildman–Crippen MR) is 75.0 cm³/mol. The molecular formula is C15H19N3O2. The summed E-state index contributed by atoms with van der Waals surface area (Å²) in [7, 11) is 0. The van der Waals surface area contributed by atoms with E-state index in [4.69, 9.17) is 9.15 Å². The van der Waals surface area contributed by atoms with E-state index in [9.17, 15) is 0 Å². The number of hydrogen-bond acceptors (Lipinski definition) is 5. The van der Waals surface area contributed by atoms with E-state index < -0.39 is 0 Å². The van der Waals surface area contributed by atoms with Crippen LogP contribution >= 0.6 is 0 Å². The Bertz CT molecular complexity index is 547. The molecular weight excluding hydrogens is 254 g/mol. The molecule has 3 rings (SSSR count). The highest BCUT2D eigenvalue weighted by Gasteiger charge is 2.29. The first-order valence-electron chi connectivity index (χ1n) is 6.98. The summed E-state index contributed by atoms with van der Waals surface area (Å²) in [4.78, 5) is 0. The zero-order valence-corrected chi connectivity index (χ0v) is 11.6. The van der Waals surface area contributed by atoms with E-state index in [0.29, 0.717) is 18.3 Å². The maximum atomic E-state index is 5.72. The molecule has 0 amide bonds. The molecule has 0 aliphatic carbocycles. The van der Waals surface area contributed by atoms with Gasteiger partial charge in [-0.2, -0.15) is 0 Å². The number of aromatic nitrogens is 2. The van der Waals surface area contributed by atoms with Crippen molar-refractivity contribution in [3.63, 3.8) is 0 Å². The number of hydrogen-bond donors (Lipinski definition) is 1. The standard InChI is InChI=1S/C15H19N3O2/c1-15(8-5-9-19-15)11-16-10-13-17-18-14(20-13)12-6-3-2-4-7-12/h2-4,6-7,16H,5,8-11H2,1H3. The molecule has 1 aliphatic rings. The van der Waals surface area contributed by atoms with Gasteiger partial charge in [-0.15, -0.1) is 10.2 Å².